The van der Waals surface area contributed by atoms with Gasteiger partial charge in [0.05, 0.1) is 38.3 Å². The minimum Gasteiger partial charge on any atom is -0.465 e. The Morgan fingerprint density at radius 2 is 0.613 bits per heavy atom. The number of esters is 2. The molecule has 0 atom stereocenters. The van der Waals surface area contributed by atoms with Gasteiger partial charge in [-0.3, -0.25) is 9.59 Å². The maximum Gasteiger partial charge on any atom is 0.407 e. The van der Waals surface area contributed by atoms with Crippen LogP contribution in [0.15, 0.2) is 0 Å². The standard InChI is InChI=1S/C71H140N2O7/c1-7-12-16-20-24-28-32-36-40-46-54-66(55-47-41-37-33-29-25-21-17-13-8-2)69(74)78-62-52-44-50-58-68(80-71(76)72-60-64-77-65-61-73(6)11-5)59-51-45-53-63-79-70(75)67(56-48-42-38-34-30-26-22-18-14-9-3)57-49-43-39-35-31-27-23-19-15-10-4/h66-68H,7-65H2,1-6H3,(H,72,76). The number of alkyl carbamates (subject to hydrolysis) is 1. The molecule has 0 aromatic rings. The fourth-order valence-corrected chi connectivity index (χ4v) is 11.3. The molecule has 0 fully saturated rings. The second-order valence-electron chi connectivity index (χ2n) is 24.8. The molecule has 0 bridgehead atoms. The highest BCUT2D eigenvalue weighted by Gasteiger charge is 2.21. The lowest BCUT2D eigenvalue weighted by atomic mass is 9.94. The van der Waals surface area contributed by atoms with Crippen molar-refractivity contribution >= 4 is 18.0 Å². The molecular formula is C71H140N2O7. The van der Waals surface area contributed by atoms with E-state index in [1.807, 2.05) is 0 Å². The van der Waals surface area contributed by atoms with E-state index in [0.29, 0.717) is 33.0 Å². The number of carbonyl (C=O) groups excluding carboxylic acids is 3. The van der Waals surface area contributed by atoms with Gasteiger partial charge in [0.2, 0.25) is 0 Å². The fraction of sp³-hybridized carbons (Fsp3) is 0.958. The molecule has 0 saturated carbocycles. The summed E-state index contributed by atoms with van der Waals surface area (Å²) in [6.07, 6.45) is 62.4. The number of rotatable bonds is 66. The van der Waals surface area contributed by atoms with E-state index in [4.69, 9.17) is 18.9 Å². The molecule has 0 aromatic carbocycles. The number of nitrogens with zero attached hydrogens (tertiary/aromatic N) is 1. The van der Waals surface area contributed by atoms with Crippen molar-refractivity contribution in [2.24, 2.45) is 11.8 Å². The van der Waals surface area contributed by atoms with Gasteiger partial charge in [-0.2, -0.15) is 0 Å². The van der Waals surface area contributed by atoms with Crippen molar-refractivity contribution in [2.45, 2.75) is 375 Å². The average Bonchev–Trinajstić information content (AvgIpc) is 3.46. The molecule has 0 unspecified atom stereocenters. The van der Waals surface area contributed by atoms with Crippen molar-refractivity contribution in [3.05, 3.63) is 0 Å². The summed E-state index contributed by atoms with van der Waals surface area (Å²) in [7, 11) is 2.07. The summed E-state index contributed by atoms with van der Waals surface area (Å²) >= 11 is 0. The number of unbranched alkanes of at least 4 members (excludes halogenated alkanes) is 40. The summed E-state index contributed by atoms with van der Waals surface area (Å²) in [4.78, 5) is 42.3. The quantitative estimate of drug-likeness (QED) is 0.0365. The average molecular weight is 1130 g/mol. The van der Waals surface area contributed by atoms with Crippen molar-refractivity contribution < 1.29 is 33.3 Å². The van der Waals surface area contributed by atoms with Crippen LogP contribution in [0.3, 0.4) is 0 Å². The van der Waals surface area contributed by atoms with Gasteiger partial charge in [0.15, 0.2) is 0 Å². The number of amides is 1. The summed E-state index contributed by atoms with van der Waals surface area (Å²) in [5.41, 5.74) is 0. The van der Waals surface area contributed by atoms with Gasteiger partial charge in [-0.1, -0.05) is 291 Å². The van der Waals surface area contributed by atoms with Crippen LogP contribution in [0.1, 0.15) is 369 Å². The third-order valence-electron chi connectivity index (χ3n) is 17.1. The lowest BCUT2D eigenvalue weighted by Crippen LogP contribution is -2.32. The molecule has 9 heteroatoms. The Hall–Kier alpha value is -1.87. The summed E-state index contributed by atoms with van der Waals surface area (Å²) in [5.74, 6) is 0.0678. The van der Waals surface area contributed by atoms with Crippen LogP contribution in [0.25, 0.3) is 0 Å². The molecule has 9 nitrogen and oxygen atoms in total. The van der Waals surface area contributed by atoms with Crippen molar-refractivity contribution in [1.29, 1.82) is 0 Å². The van der Waals surface area contributed by atoms with Crippen LogP contribution in [0.5, 0.6) is 0 Å². The Labute approximate surface area is 499 Å². The lowest BCUT2D eigenvalue weighted by molar-refractivity contribution is -0.150. The van der Waals surface area contributed by atoms with Crippen LogP contribution in [0.2, 0.25) is 0 Å². The highest BCUT2D eigenvalue weighted by molar-refractivity contribution is 5.72. The molecule has 0 spiro atoms. The largest absolute Gasteiger partial charge is 0.465 e. The fourth-order valence-electron chi connectivity index (χ4n) is 11.3. The van der Waals surface area contributed by atoms with Gasteiger partial charge >= 0.3 is 18.0 Å². The third kappa shape index (κ3) is 56.6. The van der Waals surface area contributed by atoms with Gasteiger partial charge in [0, 0.05) is 13.1 Å². The Bertz CT molecular complexity index is 1140. The highest BCUT2D eigenvalue weighted by atomic mass is 16.6. The first-order chi connectivity index (χ1) is 39.3. The minimum atomic E-state index is -0.390. The molecule has 476 valence electrons. The molecule has 0 aliphatic heterocycles. The number of carbonyl (C=O) groups is 3. The first-order valence-electron chi connectivity index (χ1n) is 35.9. The lowest BCUT2D eigenvalue weighted by Gasteiger charge is -2.19. The predicted octanol–water partition coefficient (Wildman–Crippen LogP) is 21.7. The Balaban J connectivity index is 5.16. The molecule has 0 radical (unpaired) electrons. The molecular weight excluding hydrogens is 993 g/mol. The van der Waals surface area contributed by atoms with E-state index in [2.05, 4.69) is 51.9 Å². The summed E-state index contributed by atoms with van der Waals surface area (Å²) < 4.78 is 23.8. The smallest absolute Gasteiger partial charge is 0.407 e. The Morgan fingerprint density at radius 1 is 0.338 bits per heavy atom. The van der Waals surface area contributed by atoms with Crippen LogP contribution >= 0.6 is 0 Å². The molecule has 80 heavy (non-hydrogen) atoms. The Kier molecular flexibility index (Phi) is 63.2. The first kappa shape index (κ1) is 78.1. The molecule has 1 N–H and O–H groups in total. The van der Waals surface area contributed by atoms with Crippen LogP contribution in [0, 0.1) is 11.8 Å². The van der Waals surface area contributed by atoms with E-state index in [1.165, 1.54) is 231 Å². The first-order valence-corrected chi connectivity index (χ1v) is 35.9. The van der Waals surface area contributed by atoms with E-state index in [9.17, 15) is 14.4 Å². The molecule has 0 rings (SSSR count). The predicted molar refractivity (Wildman–Crippen MR) is 344 cm³/mol. The van der Waals surface area contributed by atoms with Crippen LogP contribution < -0.4 is 5.32 Å². The molecule has 0 aliphatic carbocycles. The topological polar surface area (TPSA) is 103 Å². The number of hydrogen-bond acceptors (Lipinski definition) is 8. The van der Waals surface area contributed by atoms with E-state index >= 15 is 0 Å². The SMILES string of the molecule is CCCCCCCCCCCCC(CCCCCCCCCCCC)C(=O)OCCCCCC(CCCCCOC(=O)C(CCCCCCCCCCCC)CCCCCCCCCCCC)OC(=O)NCCOCCN(C)CC. The van der Waals surface area contributed by atoms with Gasteiger partial charge in [-0.05, 0) is 90.6 Å². The molecule has 0 aromatic heterocycles. The maximum absolute atomic E-state index is 13.5. The summed E-state index contributed by atoms with van der Waals surface area (Å²) in [5, 5.41) is 2.91. The van der Waals surface area contributed by atoms with E-state index in [0.717, 1.165) is 116 Å². The minimum absolute atomic E-state index is 0.0143. The molecule has 0 saturated heterocycles. The van der Waals surface area contributed by atoms with Crippen molar-refractivity contribution in [1.82, 2.24) is 10.2 Å². The van der Waals surface area contributed by atoms with Gasteiger partial charge < -0.3 is 29.2 Å². The molecule has 0 heterocycles. The van der Waals surface area contributed by atoms with E-state index in [1.54, 1.807) is 0 Å². The van der Waals surface area contributed by atoms with Crippen LogP contribution in [-0.4, -0.2) is 82.1 Å². The van der Waals surface area contributed by atoms with Gasteiger partial charge in [0.1, 0.15) is 6.10 Å². The summed E-state index contributed by atoms with van der Waals surface area (Å²) in [6, 6.07) is 0. The van der Waals surface area contributed by atoms with E-state index in [-0.39, 0.29) is 36.0 Å². The number of nitrogens with one attached hydrogen (secondary N) is 1. The third-order valence-corrected chi connectivity index (χ3v) is 17.1. The number of likely N-dealkylation sites (N-methyl/N-ethyl adjacent to an activating group) is 1. The van der Waals surface area contributed by atoms with Crippen molar-refractivity contribution in [3.8, 4) is 0 Å². The number of ether oxygens (including phenoxy) is 4. The number of hydrogen-bond donors (Lipinski definition) is 1. The Morgan fingerprint density at radius 3 is 0.912 bits per heavy atom. The maximum atomic E-state index is 13.5. The zero-order chi connectivity index (χ0) is 58.3. The van der Waals surface area contributed by atoms with Crippen molar-refractivity contribution in [3.63, 3.8) is 0 Å². The van der Waals surface area contributed by atoms with Gasteiger partial charge in [-0.15, -0.1) is 0 Å². The zero-order valence-electron chi connectivity index (χ0n) is 54.8. The van der Waals surface area contributed by atoms with Gasteiger partial charge in [0.25, 0.3) is 0 Å². The normalized spacial score (nSPS) is 11.7. The van der Waals surface area contributed by atoms with Crippen molar-refractivity contribution in [2.75, 3.05) is 53.1 Å². The van der Waals surface area contributed by atoms with E-state index < -0.39 is 0 Å². The summed E-state index contributed by atoms with van der Waals surface area (Å²) in [6.45, 7) is 15.5. The highest BCUT2D eigenvalue weighted by Crippen LogP contribution is 2.24. The second-order valence-corrected chi connectivity index (χ2v) is 24.8. The van der Waals surface area contributed by atoms with Gasteiger partial charge in [-0.25, -0.2) is 4.79 Å². The van der Waals surface area contributed by atoms with Crippen LogP contribution in [0.4, 0.5) is 4.79 Å². The monoisotopic (exact) mass is 1130 g/mol. The second kappa shape index (κ2) is 64.7. The zero-order valence-corrected chi connectivity index (χ0v) is 54.8. The van der Waals surface area contributed by atoms with Crippen LogP contribution in [-0.2, 0) is 28.5 Å². The molecule has 0 aliphatic rings. The molecule has 1 amide bonds.